The predicted octanol–water partition coefficient (Wildman–Crippen LogP) is 3.24. The SMILES string of the molecule is C=CCCNC1CC(c2ccccc2F)C1. The van der Waals surface area contributed by atoms with E-state index in [0.29, 0.717) is 12.0 Å². The minimum atomic E-state index is -0.0583. The lowest BCUT2D eigenvalue weighted by molar-refractivity contribution is 0.287. The van der Waals surface area contributed by atoms with Gasteiger partial charge in [-0.25, -0.2) is 4.39 Å². The van der Waals surface area contributed by atoms with Gasteiger partial charge in [-0.1, -0.05) is 24.3 Å². The topological polar surface area (TPSA) is 12.0 Å². The molecule has 0 heterocycles. The van der Waals surface area contributed by atoms with Crippen LogP contribution in [0, 0.1) is 5.82 Å². The average Bonchev–Trinajstić information content (AvgIpc) is 2.23. The highest BCUT2D eigenvalue weighted by Gasteiger charge is 2.31. The van der Waals surface area contributed by atoms with Gasteiger partial charge in [0, 0.05) is 6.04 Å². The van der Waals surface area contributed by atoms with Gasteiger partial charge in [0.05, 0.1) is 0 Å². The zero-order valence-electron chi connectivity index (χ0n) is 9.45. The molecule has 2 rings (SSSR count). The average molecular weight is 219 g/mol. The quantitative estimate of drug-likeness (QED) is 0.592. The Kier molecular flexibility index (Phi) is 3.73. The molecule has 0 spiro atoms. The summed E-state index contributed by atoms with van der Waals surface area (Å²) in [6, 6.07) is 7.67. The maximum Gasteiger partial charge on any atom is 0.126 e. The predicted molar refractivity (Wildman–Crippen MR) is 65.0 cm³/mol. The summed E-state index contributed by atoms with van der Waals surface area (Å²) in [5.74, 6) is 0.347. The summed E-state index contributed by atoms with van der Waals surface area (Å²) in [5.41, 5.74) is 0.879. The largest absolute Gasteiger partial charge is 0.314 e. The third kappa shape index (κ3) is 2.50. The maximum atomic E-state index is 13.5. The molecule has 2 heteroatoms. The molecule has 0 aliphatic heterocycles. The Hall–Kier alpha value is -1.15. The van der Waals surface area contributed by atoms with Gasteiger partial charge in [0.2, 0.25) is 0 Å². The Morgan fingerprint density at radius 2 is 2.12 bits per heavy atom. The van der Waals surface area contributed by atoms with E-state index < -0.39 is 0 Å². The van der Waals surface area contributed by atoms with E-state index in [1.165, 1.54) is 0 Å². The Balaban J connectivity index is 1.80. The van der Waals surface area contributed by atoms with Crippen molar-refractivity contribution in [3.05, 3.63) is 48.3 Å². The van der Waals surface area contributed by atoms with Crippen LogP contribution in [0.3, 0.4) is 0 Å². The monoisotopic (exact) mass is 219 g/mol. The van der Waals surface area contributed by atoms with Crippen LogP contribution in [-0.4, -0.2) is 12.6 Å². The molecule has 0 radical (unpaired) electrons. The standard InChI is InChI=1S/C14H18FN/c1-2-3-8-16-12-9-11(10-12)13-6-4-5-7-14(13)15/h2,4-7,11-12,16H,1,3,8-10H2. The fraction of sp³-hybridized carbons (Fsp3) is 0.429. The van der Waals surface area contributed by atoms with Gasteiger partial charge in [-0.05, 0) is 43.4 Å². The molecule has 1 aliphatic rings. The first-order valence-electron chi connectivity index (χ1n) is 5.90. The van der Waals surface area contributed by atoms with E-state index in [1.807, 2.05) is 18.2 Å². The molecule has 1 N–H and O–H groups in total. The van der Waals surface area contributed by atoms with E-state index in [1.54, 1.807) is 12.1 Å². The molecule has 0 atom stereocenters. The molecule has 1 aromatic carbocycles. The minimum Gasteiger partial charge on any atom is -0.314 e. The molecule has 0 aromatic heterocycles. The highest BCUT2D eigenvalue weighted by molar-refractivity contribution is 5.24. The third-order valence-electron chi connectivity index (χ3n) is 3.26. The molecule has 1 aliphatic carbocycles. The van der Waals surface area contributed by atoms with Crippen LogP contribution in [0.5, 0.6) is 0 Å². The van der Waals surface area contributed by atoms with E-state index >= 15 is 0 Å². The Bertz CT molecular complexity index is 356. The lowest BCUT2D eigenvalue weighted by Crippen LogP contribution is -2.40. The Morgan fingerprint density at radius 3 is 2.81 bits per heavy atom. The van der Waals surface area contributed by atoms with Crippen molar-refractivity contribution in [2.45, 2.75) is 31.2 Å². The molecule has 1 nitrogen and oxygen atoms in total. The minimum absolute atomic E-state index is 0.0583. The zero-order valence-corrected chi connectivity index (χ0v) is 9.45. The number of benzene rings is 1. The van der Waals surface area contributed by atoms with Gasteiger partial charge in [0.15, 0.2) is 0 Å². The molecule has 86 valence electrons. The van der Waals surface area contributed by atoms with E-state index in [4.69, 9.17) is 0 Å². The van der Waals surface area contributed by atoms with Gasteiger partial charge in [-0.15, -0.1) is 6.58 Å². The first kappa shape index (κ1) is 11.3. The highest BCUT2D eigenvalue weighted by Crippen LogP contribution is 2.37. The number of nitrogens with one attached hydrogen (secondary N) is 1. The van der Waals surface area contributed by atoms with Crippen LogP contribution in [0.4, 0.5) is 4.39 Å². The van der Waals surface area contributed by atoms with Crippen molar-refractivity contribution < 1.29 is 4.39 Å². The Morgan fingerprint density at radius 1 is 1.38 bits per heavy atom. The molecule has 1 saturated carbocycles. The van der Waals surface area contributed by atoms with Crippen molar-refractivity contribution in [3.8, 4) is 0 Å². The summed E-state index contributed by atoms with van der Waals surface area (Å²) in [4.78, 5) is 0. The fourth-order valence-electron chi connectivity index (χ4n) is 2.23. The molecular formula is C14H18FN. The second-order valence-electron chi connectivity index (χ2n) is 4.42. The van der Waals surface area contributed by atoms with Gasteiger partial charge in [-0.3, -0.25) is 0 Å². The normalized spacial score (nSPS) is 23.8. The van der Waals surface area contributed by atoms with Crippen LogP contribution in [0.25, 0.3) is 0 Å². The summed E-state index contributed by atoms with van der Waals surface area (Å²) in [7, 11) is 0. The molecule has 0 amide bonds. The van der Waals surface area contributed by atoms with E-state index in [-0.39, 0.29) is 5.82 Å². The van der Waals surface area contributed by atoms with Crippen LogP contribution in [0.2, 0.25) is 0 Å². The molecule has 1 aromatic rings. The number of hydrogen-bond acceptors (Lipinski definition) is 1. The van der Waals surface area contributed by atoms with Crippen LogP contribution in [-0.2, 0) is 0 Å². The van der Waals surface area contributed by atoms with E-state index in [2.05, 4.69) is 11.9 Å². The number of rotatable bonds is 5. The van der Waals surface area contributed by atoms with Crippen molar-refractivity contribution in [1.29, 1.82) is 0 Å². The number of hydrogen-bond donors (Lipinski definition) is 1. The van der Waals surface area contributed by atoms with Gasteiger partial charge < -0.3 is 5.32 Å². The second-order valence-corrected chi connectivity index (χ2v) is 4.42. The summed E-state index contributed by atoms with van der Waals surface area (Å²) in [6.45, 7) is 4.67. The smallest absolute Gasteiger partial charge is 0.126 e. The van der Waals surface area contributed by atoms with Gasteiger partial charge in [-0.2, -0.15) is 0 Å². The fourth-order valence-corrected chi connectivity index (χ4v) is 2.23. The molecule has 0 unspecified atom stereocenters. The van der Waals surface area contributed by atoms with Crippen molar-refractivity contribution >= 4 is 0 Å². The highest BCUT2D eigenvalue weighted by atomic mass is 19.1. The summed E-state index contributed by atoms with van der Waals surface area (Å²) in [5, 5.41) is 3.45. The molecule has 0 bridgehead atoms. The van der Waals surface area contributed by atoms with Gasteiger partial charge in [0.25, 0.3) is 0 Å². The van der Waals surface area contributed by atoms with Crippen molar-refractivity contribution in [2.24, 2.45) is 0 Å². The molecule has 1 fully saturated rings. The first-order valence-corrected chi connectivity index (χ1v) is 5.90. The van der Waals surface area contributed by atoms with Crippen LogP contribution in [0.15, 0.2) is 36.9 Å². The van der Waals surface area contributed by atoms with E-state index in [0.717, 1.165) is 31.4 Å². The van der Waals surface area contributed by atoms with Crippen LogP contribution < -0.4 is 5.32 Å². The van der Waals surface area contributed by atoms with Crippen LogP contribution >= 0.6 is 0 Å². The third-order valence-corrected chi connectivity index (χ3v) is 3.26. The summed E-state index contributed by atoms with van der Waals surface area (Å²) >= 11 is 0. The molecular weight excluding hydrogens is 201 g/mol. The molecule has 16 heavy (non-hydrogen) atoms. The van der Waals surface area contributed by atoms with Crippen molar-refractivity contribution in [2.75, 3.05) is 6.54 Å². The Labute approximate surface area is 96.4 Å². The lowest BCUT2D eigenvalue weighted by atomic mass is 9.75. The zero-order chi connectivity index (χ0) is 11.4. The van der Waals surface area contributed by atoms with Gasteiger partial charge >= 0.3 is 0 Å². The van der Waals surface area contributed by atoms with Gasteiger partial charge in [0.1, 0.15) is 5.82 Å². The number of halogens is 1. The lowest BCUT2D eigenvalue weighted by Gasteiger charge is -2.36. The van der Waals surface area contributed by atoms with Crippen molar-refractivity contribution in [1.82, 2.24) is 5.32 Å². The van der Waals surface area contributed by atoms with Crippen LogP contribution in [0.1, 0.15) is 30.7 Å². The summed E-state index contributed by atoms with van der Waals surface area (Å²) in [6.07, 6.45) is 5.02. The van der Waals surface area contributed by atoms with Crippen molar-refractivity contribution in [3.63, 3.8) is 0 Å². The van der Waals surface area contributed by atoms with E-state index in [9.17, 15) is 4.39 Å². The maximum absolute atomic E-state index is 13.5. The molecule has 0 saturated heterocycles. The first-order chi connectivity index (χ1) is 7.81. The second kappa shape index (κ2) is 5.26. The summed E-state index contributed by atoms with van der Waals surface area (Å²) < 4.78 is 13.5.